The Balaban J connectivity index is 2.70. The van der Waals surface area contributed by atoms with Gasteiger partial charge in [0.1, 0.15) is 0 Å². The van der Waals surface area contributed by atoms with Crippen molar-refractivity contribution in [1.29, 1.82) is 0 Å². The van der Waals surface area contributed by atoms with Gasteiger partial charge in [0.25, 0.3) is 0 Å². The van der Waals surface area contributed by atoms with E-state index in [1.165, 1.54) is 0 Å². The van der Waals surface area contributed by atoms with Crippen LogP contribution in [-0.2, 0) is 4.79 Å². The summed E-state index contributed by atoms with van der Waals surface area (Å²) in [7, 11) is 0. The molecular formula is C13H18N2O. The van der Waals surface area contributed by atoms with Crippen molar-refractivity contribution in [3.63, 3.8) is 0 Å². The van der Waals surface area contributed by atoms with Crippen LogP contribution in [0.5, 0.6) is 0 Å². The van der Waals surface area contributed by atoms with Crippen LogP contribution >= 0.6 is 0 Å². The maximum absolute atomic E-state index is 11.6. The molecule has 86 valence electrons. The van der Waals surface area contributed by atoms with Gasteiger partial charge in [-0.25, -0.2) is 5.43 Å². The molecule has 0 aliphatic rings. The van der Waals surface area contributed by atoms with Crippen molar-refractivity contribution >= 4 is 11.6 Å². The highest BCUT2D eigenvalue weighted by atomic mass is 16.2. The molecule has 0 aliphatic heterocycles. The Hall–Kier alpha value is -1.64. The first kappa shape index (κ1) is 12.4. The van der Waals surface area contributed by atoms with Crippen molar-refractivity contribution in [2.24, 2.45) is 10.5 Å². The summed E-state index contributed by atoms with van der Waals surface area (Å²) in [5.74, 6) is -0.0808. The van der Waals surface area contributed by atoms with Crippen molar-refractivity contribution < 1.29 is 4.79 Å². The highest BCUT2D eigenvalue weighted by Gasteiger charge is 2.20. The standard InChI is InChI=1S/C13H18N2O/c1-10(11-8-6-5-7-9-11)14-15-12(16)13(2,3)4/h5-9H,1-4H3,(H,15,16)/b14-10-. The van der Waals surface area contributed by atoms with Crippen LogP contribution in [0.2, 0.25) is 0 Å². The number of carbonyl (C=O) groups excluding carboxylic acids is 1. The van der Waals surface area contributed by atoms with Gasteiger partial charge in [-0.2, -0.15) is 5.10 Å². The second-order valence-electron chi connectivity index (χ2n) is 4.75. The molecular weight excluding hydrogens is 200 g/mol. The number of amides is 1. The predicted molar refractivity (Wildman–Crippen MR) is 66.3 cm³/mol. The predicted octanol–water partition coefficient (Wildman–Crippen LogP) is 2.57. The quantitative estimate of drug-likeness (QED) is 0.601. The van der Waals surface area contributed by atoms with Crippen molar-refractivity contribution in [3.05, 3.63) is 35.9 Å². The Morgan fingerprint density at radius 1 is 1.19 bits per heavy atom. The smallest absolute Gasteiger partial charge is 0.245 e. The van der Waals surface area contributed by atoms with Crippen molar-refractivity contribution in [2.45, 2.75) is 27.7 Å². The SMILES string of the molecule is C/C(=N/NC(=O)C(C)(C)C)c1ccccc1. The summed E-state index contributed by atoms with van der Waals surface area (Å²) in [4.78, 5) is 11.6. The fourth-order valence-electron chi connectivity index (χ4n) is 1.05. The van der Waals surface area contributed by atoms with Crippen molar-refractivity contribution in [1.82, 2.24) is 5.43 Å². The Morgan fingerprint density at radius 2 is 1.75 bits per heavy atom. The third-order valence-electron chi connectivity index (χ3n) is 2.20. The molecule has 3 heteroatoms. The number of nitrogens with zero attached hydrogens (tertiary/aromatic N) is 1. The lowest BCUT2D eigenvalue weighted by molar-refractivity contribution is -0.128. The molecule has 0 unspecified atom stereocenters. The molecule has 0 heterocycles. The summed E-state index contributed by atoms with van der Waals surface area (Å²) in [5.41, 5.74) is 3.97. The van der Waals surface area contributed by atoms with Gasteiger partial charge in [0.2, 0.25) is 5.91 Å². The Bertz CT molecular complexity index is 388. The average Bonchev–Trinajstić information content (AvgIpc) is 2.25. The second kappa shape index (κ2) is 4.92. The number of hydrogen-bond donors (Lipinski definition) is 1. The molecule has 1 rings (SSSR count). The first-order chi connectivity index (χ1) is 7.41. The van der Waals surface area contributed by atoms with Crippen LogP contribution in [0.15, 0.2) is 35.4 Å². The van der Waals surface area contributed by atoms with E-state index in [0.29, 0.717) is 0 Å². The molecule has 0 aliphatic carbocycles. The summed E-state index contributed by atoms with van der Waals surface area (Å²) in [5, 5.41) is 4.08. The molecule has 1 aromatic carbocycles. The van der Waals surface area contributed by atoms with Gasteiger partial charge in [-0.3, -0.25) is 4.79 Å². The van der Waals surface area contributed by atoms with Crippen LogP contribution in [0.1, 0.15) is 33.3 Å². The molecule has 0 spiro atoms. The molecule has 0 bridgehead atoms. The van der Waals surface area contributed by atoms with E-state index >= 15 is 0 Å². The fourth-order valence-corrected chi connectivity index (χ4v) is 1.05. The minimum atomic E-state index is -0.416. The van der Waals surface area contributed by atoms with E-state index in [0.717, 1.165) is 11.3 Å². The van der Waals surface area contributed by atoms with Gasteiger partial charge in [0.05, 0.1) is 5.71 Å². The van der Waals surface area contributed by atoms with E-state index in [1.54, 1.807) is 0 Å². The fraction of sp³-hybridized carbons (Fsp3) is 0.385. The highest BCUT2D eigenvalue weighted by molar-refractivity contribution is 5.99. The third-order valence-corrected chi connectivity index (χ3v) is 2.20. The van der Waals surface area contributed by atoms with Crippen LogP contribution < -0.4 is 5.43 Å². The van der Waals surface area contributed by atoms with Gasteiger partial charge in [0.15, 0.2) is 0 Å². The molecule has 0 saturated heterocycles. The molecule has 0 saturated carbocycles. The van der Waals surface area contributed by atoms with E-state index < -0.39 is 5.41 Å². The maximum atomic E-state index is 11.6. The number of benzene rings is 1. The van der Waals surface area contributed by atoms with E-state index in [1.807, 2.05) is 58.0 Å². The van der Waals surface area contributed by atoms with Gasteiger partial charge in [0, 0.05) is 5.41 Å². The lowest BCUT2D eigenvalue weighted by Crippen LogP contribution is -2.32. The maximum Gasteiger partial charge on any atom is 0.245 e. The molecule has 0 atom stereocenters. The number of hydrazone groups is 1. The highest BCUT2D eigenvalue weighted by Crippen LogP contribution is 2.12. The minimum Gasteiger partial charge on any atom is -0.273 e. The molecule has 3 nitrogen and oxygen atoms in total. The Kier molecular flexibility index (Phi) is 3.82. The van der Waals surface area contributed by atoms with Crippen LogP contribution in [0.4, 0.5) is 0 Å². The van der Waals surface area contributed by atoms with Crippen LogP contribution in [0.25, 0.3) is 0 Å². The summed E-state index contributed by atoms with van der Waals surface area (Å²) in [6, 6.07) is 9.76. The van der Waals surface area contributed by atoms with Gasteiger partial charge >= 0.3 is 0 Å². The zero-order chi connectivity index (χ0) is 12.2. The molecule has 0 aromatic heterocycles. The normalized spacial score (nSPS) is 12.4. The molecule has 1 aromatic rings. The average molecular weight is 218 g/mol. The van der Waals surface area contributed by atoms with E-state index in [4.69, 9.17) is 0 Å². The largest absolute Gasteiger partial charge is 0.273 e. The number of hydrogen-bond acceptors (Lipinski definition) is 2. The molecule has 0 fully saturated rings. The zero-order valence-corrected chi connectivity index (χ0v) is 10.2. The summed E-state index contributed by atoms with van der Waals surface area (Å²) < 4.78 is 0. The number of rotatable bonds is 2. The second-order valence-corrected chi connectivity index (χ2v) is 4.75. The third kappa shape index (κ3) is 3.50. The molecule has 1 amide bonds. The van der Waals surface area contributed by atoms with Crippen LogP contribution in [0, 0.1) is 5.41 Å². The first-order valence-corrected chi connectivity index (χ1v) is 5.31. The molecule has 1 N–H and O–H groups in total. The Labute approximate surface area is 96.6 Å². The van der Waals surface area contributed by atoms with Crippen LogP contribution in [0.3, 0.4) is 0 Å². The molecule has 0 radical (unpaired) electrons. The van der Waals surface area contributed by atoms with Crippen molar-refractivity contribution in [3.8, 4) is 0 Å². The first-order valence-electron chi connectivity index (χ1n) is 5.31. The van der Waals surface area contributed by atoms with E-state index in [2.05, 4.69) is 10.5 Å². The zero-order valence-electron chi connectivity index (χ0n) is 10.2. The van der Waals surface area contributed by atoms with Crippen LogP contribution in [-0.4, -0.2) is 11.6 Å². The lowest BCUT2D eigenvalue weighted by Gasteiger charge is -2.15. The summed E-state index contributed by atoms with van der Waals surface area (Å²) in [6.07, 6.45) is 0. The minimum absolute atomic E-state index is 0.0808. The Morgan fingerprint density at radius 3 is 2.25 bits per heavy atom. The van der Waals surface area contributed by atoms with E-state index in [-0.39, 0.29) is 5.91 Å². The van der Waals surface area contributed by atoms with E-state index in [9.17, 15) is 4.79 Å². The number of nitrogens with one attached hydrogen (secondary N) is 1. The molecule has 16 heavy (non-hydrogen) atoms. The lowest BCUT2D eigenvalue weighted by atomic mass is 9.96. The van der Waals surface area contributed by atoms with Gasteiger partial charge in [-0.1, -0.05) is 51.1 Å². The summed E-state index contributed by atoms with van der Waals surface area (Å²) >= 11 is 0. The van der Waals surface area contributed by atoms with Crippen molar-refractivity contribution in [2.75, 3.05) is 0 Å². The number of carbonyl (C=O) groups is 1. The monoisotopic (exact) mass is 218 g/mol. The van der Waals surface area contributed by atoms with Gasteiger partial charge in [-0.15, -0.1) is 0 Å². The topological polar surface area (TPSA) is 41.5 Å². The van der Waals surface area contributed by atoms with Gasteiger partial charge in [-0.05, 0) is 12.5 Å². The summed E-state index contributed by atoms with van der Waals surface area (Å²) in [6.45, 7) is 7.44. The van der Waals surface area contributed by atoms with Gasteiger partial charge < -0.3 is 0 Å².